The Balaban J connectivity index is 1.07. The summed E-state index contributed by atoms with van der Waals surface area (Å²) in [5, 5.41) is 0. The number of carbonyl (C=O) groups is 2. The molecule has 5 fully saturated rings. The molecule has 3 atom stereocenters. The van der Waals surface area contributed by atoms with Gasteiger partial charge < -0.3 is 14.5 Å². The zero-order valence-electron chi connectivity index (χ0n) is 19.9. The van der Waals surface area contributed by atoms with E-state index in [4.69, 9.17) is 4.74 Å². The Kier molecular flexibility index (Phi) is 5.39. The summed E-state index contributed by atoms with van der Waals surface area (Å²) in [7, 11) is 1.68. The van der Waals surface area contributed by atoms with E-state index in [1.165, 1.54) is 12.8 Å². The highest BCUT2D eigenvalue weighted by Gasteiger charge is 2.53. The molecule has 0 radical (unpaired) electrons. The molecule has 4 saturated heterocycles. The summed E-state index contributed by atoms with van der Waals surface area (Å²) in [5.41, 5.74) is 0.851. The van der Waals surface area contributed by atoms with Gasteiger partial charge in [-0.25, -0.2) is 0 Å². The van der Waals surface area contributed by atoms with Crippen LogP contribution in [0.4, 0.5) is 0 Å². The summed E-state index contributed by atoms with van der Waals surface area (Å²) in [6.45, 7) is 4.99. The molecule has 1 aromatic rings. The molecule has 4 heterocycles. The fourth-order valence-corrected chi connectivity index (χ4v) is 7.34. The number of amides is 2. The van der Waals surface area contributed by atoms with Crippen molar-refractivity contribution in [2.75, 3.05) is 39.8 Å². The van der Waals surface area contributed by atoms with Gasteiger partial charge in [-0.3, -0.25) is 14.5 Å². The minimum Gasteiger partial charge on any atom is -0.497 e. The van der Waals surface area contributed by atoms with Crippen LogP contribution in [0.5, 0.6) is 5.75 Å². The van der Waals surface area contributed by atoms with Crippen LogP contribution in [0, 0.1) is 11.8 Å². The highest BCUT2D eigenvalue weighted by atomic mass is 16.5. The van der Waals surface area contributed by atoms with E-state index in [1.807, 2.05) is 12.1 Å². The molecule has 6 nitrogen and oxygen atoms in total. The average Bonchev–Trinajstić information content (AvgIpc) is 3.66. The minimum atomic E-state index is -0.293. The van der Waals surface area contributed by atoms with Gasteiger partial charge in [-0.15, -0.1) is 0 Å². The van der Waals surface area contributed by atoms with Gasteiger partial charge in [0.05, 0.1) is 12.5 Å². The van der Waals surface area contributed by atoms with E-state index in [0.717, 1.165) is 82.6 Å². The van der Waals surface area contributed by atoms with Crippen molar-refractivity contribution in [1.29, 1.82) is 0 Å². The lowest BCUT2D eigenvalue weighted by molar-refractivity contribution is -0.146. The number of nitrogens with zero attached hydrogens (tertiary/aromatic N) is 3. The lowest BCUT2D eigenvalue weighted by atomic mass is 9.75. The van der Waals surface area contributed by atoms with Crippen molar-refractivity contribution < 1.29 is 14.3 Å². The van der Waals surface area contributed by atoms with Gasteiger partial charge in [0.2, 0.25) is 11.8 Å². The van der Waals surface area contributed by atoms with Crippen LogP contribution in [0.2, 0.25) is 0 Å². The summed E-state index contributed by atoms with van der Waals surface area (Å²) >= 11 is 0. The van der Waals surface area contributed by atoms with Crippen molar-refractivity contribution in [2.45, 2.75) is 68.9 Å². The first-order valence-corrected chi connectivity index (χ1v) is 13.0. The van der Waals surface area contributed by atoms with Gasteiger partial charge in [0.1, 0.15) is 5.75 Å². The number of hydrogen-bond acceptors (Lipinski definition) is 4. The van der Waals surface area contributed by atoms with Crippen LogP contribution in [0.25, 0.3) is 0 Å². The summed E-state index contributed by atoms with van der Waals surface area (Å²) in [4.78, 5) is 33.0. The number of piperidine rings is 4. The van der Waals surface area contributed by atoms with Crippen LogP contribution >= 0.6 is 0 Å². The second-order valence-corrected chi connectivity index (χ2v) is 11.2. The Morgan fingerprint density at radius 2 is 1.79 bits per heavy atom. The Hall–Kier alpha value is -2.08. The molecule has 0 N–H and O–H groups in total. The molecule has 0 aromatic heterocycles. The first-order valence-electron chi connectivity index (χ1n) is 13.0. The zero-order valence-corrected chi connectivity index (χ0v) is 19.9. The predicted molar refractivity (Wildman–Crippen MR) is 126 cm³/mol. The zero-order chi connectivity index (χ0) is 22.6. The van der Waals surface area contributed by atoms with Crippen LogP contribution in [-0.2, 0) is 15.0 Å². The van der Waals surface area contributed by atoms with Gasteiger partial charge in [0.15, 0.2) is 0 Å². The van der Waals surface area contributed by atoms with E-state index < -0.39 is 0 Å². The van der Waals surface area contributed by atoms with Gasteiger partial charge in [-0.2, -0.15) is 0 Å². The summed E-state index contributed by atoms with van der Waals surface area (Å²) < 4.78 is 5.29. The number of ether oxygens (including phenoxy) is 1. The molecule has 5 aliphatic rings. The third kappa shape index (κ3) is 3.74. The maximum Gasteiger partial charge on any atom is 0.233 e. The topological polar surface area (TPSA) is 53.1 Å². The molecule has 6 heteroatoms. The number of carbonyl (C=O) groups excluding carboxylic acids is 2. The molecular weight excluding hydrogens is 414 g/mol. The number of rotatable bonds is 4. The fourth-order valence-electron chi connectivity index (χ4n) is 7.34. The lowest BCUT2D eigenvalue weighted by Crippen LogP contribution is -2.62. The molecule has 4 aliphatic heterocycles. The van der Waals surface area contributed by atoms with Crippen molar-refractivity contribution in [3.8, 4) is 5.75 Å². The molecule has 2 amide bonds. The highest BCUT2D eigenvalue weighted by molar-refractivity contribution is 5.91. The molecule has 6 rings (SSSR count). The number of hydrogen-bond donors (Lipinski definition) is 0. The van der Waals surface area contributed by atoms with Crippen LogP contribution < -0.4 is 4.74 Å². The largest absolute Gasteiger partial charge is 0.497 e. The molecule has 1 aliphatic carbocycles. The maximum absolute atomic E-state index is 13.5. The van der Waals surface area contributed by atoms with Gasteiger partial charge in [-0.1, -0.05) is 12.1 Å². The van der Waals surface area contributed by atoms with Crippen molar-refractivity contribution in [1.82, 2.24) is 14.7 Å². The minimum absolute atomic E-state index is 0.293. The predicted octanol–water partition coefficient (Wildman–Crippen LogP) is 3.05. The molecule has 1 saturated carbocycles. The normalized spacial score (nSPS) is 31.8. The van der Waals surface area contributed by atoms with Crippen molar-refractivity contribution >= 4 is 11.8 Å². The number of benzene rings is 1. The Labute approximate surface area is 197 Å². The molecule has 0 spiro atoms. The van der Waals surface area contributed by atoms with E-state index in [1.54, 1.807) is 7.11 Å². The first-order chi connectivity index (χ1) is 16.1. The number of fused-ring (bicyclic) bond motifs is 4. The third-order valence-electron chi connectivity index (χ3n) is 9.28. The van der Waals surface area contributed by atoms with Crippen LogP contribution in [0.15, 0.2) is 24.3 Å². The van der Waals surface area contributed by atoms with Crippen molar-refractivity contribution in [2.24, 2.45) is 11.8 Å². The average molecular weight is 452 g/mol. The van der Waals surface area contributed by atoms with Gasteiger partial charge >= 0.3 is 0 Å². The van der Waals surface area contributed by atoms with Crippen molar-refractivity contribution in [3.05, 3.63) is 29.8 Å². The number of methoxy groups -OCH3 is 1. The summed E-state index contributed by atoms with van der Waals surface area (Å²) in [5.74, 6) is 2.85. The number of likely N-dealkylation sites (tertiary alicyclic amines) is 2. The van der Waals surface area contributed by atoms with E-state index >= 15 is 0 Å². The smallest absolute Gasteiger partial charge is 0.233 e. The fraction of sp³-hybridized carbons (Fsp3) is 0.704. The van der Waals surface area contributed by atoms with Gasteiger partial charge in [-0.05, 0) is 74.5 Å². The second-order valence-electron chi connectivity index (χ2n) is 11.2. The van der Waals surface area contributed by atoms with Crippen LogP contribution in [0.1, 0.15) is 56.9 Å². The standard InChI is InChI=1S/C27H37N3O3/c1-33-23-7-5-21(6-8-23)27(11-12-27)26(32)28-13-9-22(10-14-28)29-16-19-15-20(18-29)24-3-2-4-25(31)30(24)17-19/h5-8,19-20,22,24H,2-4,9-18H2,1H3/t19?,20?,24-/m1/s1. The maximum atomic E-state index is 13.5. The molecule has 33 heavy (non-hydrogen) atoms. The Morgan fingerprint density at radius 3 is 2.48 bits per heavy atom. The van der Waals surface area contributed by atoms with E-state index in [9.17, 15) is 9.59 Å². The second kappa shape index (κ2) is 8.30. The Bertz CT molecular complexity index is 904. The molecular formula is C27H37N3O3. The lowest BCUT2D eigenvalue weighted by Gasteiger charge is -2.54. The van der Waals surface area contributed by atoms with Gasteiger partial charge in [0.25, 0.3) is 0 Å². The SMILES string of the molecule is COc1ccc(C2(C(=O)N3CCC(N4CC5CC(C4)[C@H]4CCCC(=O)N4C5)CC3)CC2)cc1. The van der Waals surface area contributed by atoms with Crippen LogP contribution in [0.3, 0.4) is 0 Å². The van der Waals surface area contributed by atoms with E-state index in [-0.39, 0.29) is 5.41 Å². The van der Waals surface area contributed by atoms with Crippen molar-refractivity contribution in [3.63, 3.8) is 0 Å². The quantitative estimate of drug-likeness (QED) is 0.706. The molecule has 2 unspecified atom stereocenters. The summed E-state index contributed by atoms with van der Waals surface area (Å²) in [6.07, 6.45) is 8.40. The Morgan fingerprint density at radius 1 is 1.03 bits per heavy atom. The highest BCUT2D eigenvalue weighted by Crippen LogP contribution is 2.50. The van der Waals surface area contributed by atoms with E-state index in [2.05, 4.69) is 26.8 Å². The summed E-state index contributed by atoms with van der Waals surface area (Å²) in [6, 6.07) is 9.16. The molecule has 2 bridgehead atoms. The van der Waals surface area contributed by atoms with Crippen LogP contribution in [-0.4, -0.2) is 78.4 Å². The third-order valence-corrected chi connectivity index (χ3v) is 9.28. The van der Waals surface area contributed by atoms with E-state index in [0.29, 0.717) is 35.7 Å². The molecule has 178 valence electrons. The first kappa shape index (κ1) is 21.5. The molecule has 1 aromatic carbocycles. The van der Waals surface area contributed by atoms with Gasteiger partial charge in [0, 0.05) is 51.2 Å². The monoisotopic (exact) mass is 451 g/mol.